The third-order valence-electron chi connectivity index (χ3n) is 2.66. The molecule has 0 spiro atoms. The fraction of sp³-hybridized carbons (Fsp3) is 0.467. The van der Waals surface area contributed by atoms with Gasteiger partial charge in [-0.15, -0.1) is 0 Å². The van der Waals surface area contributed by atoms with Crippen molar-refractivity contribution in [2.75, 3.05) is 19.0 Å². The number of aryl methyl sites for hydroxylation is 1. The maximum absolute atomic E-state index is 11.8. The van der Waals surface area contributed by atoms with Gasteiger partial charge in [0.1, 0.15) is 5.75 Å². The summed E-state index contributed by atoms with van der Waals surface area (Å²) in [6.07, 6.45) is 0. The van der Waals surface area contributed by atoms with E-state index in [1.165, 1.54) is 7.11 Å². The predicted molar refractivity (Wildman–Crippen MR) is 87.7 cm³/mol. The van der Waals surface area contributed by atoms with Gasteiger partial charge in [-0.1, -0.05) is 11.6 Å². The topological polar surface area (TPSA) is 79.5 Å². The minimum Gasteiger partial charge on any atom is -0.495 e. The van der Waals surface area contributed by atoms with Crippen LogP contribution in [0.1, 0.15) is 26.3 Å². The number of imide groups is 1. The zero-order valence-corrected chi connectivity index (χ0v) is 14.2. The predicted octanol–water partition coefficient (Wildman–Crippen LogP) is 2.69. The Balaban J connectivity index is 2.61. The van der Waals surface area contributed by atoms with Gasteiger partial charge in [-0.2, -0.15) is 0 Å². The van der Waals surface area contributed by atoms with E-state index in [4.69, 9.17) is 16.3 Å². The number of ether oxygens (including phenoxy) is 1. The number of benzene rings is 1. The van der Waals surface area contributed by atoms with Crippen LogP contribution in [0.15, 0.2) is 12.1 Å². The molecule has 7 heteroatoms. The molecule has 0 atom stereocenters. The minimum absolute atomic E-state index is 0.0605. The molecule has 1 rings (SSSR count). The van der Waals surface area contributed by atoms with Gasteiger partial charge in [0.05, 0.1) is 19.3 Å². The smallest absolute Gasteiger partial charge is 0.321 e. The maximum Gasteiger partial charge on any atom is 0.321 e. The van der Waals surface area contributed by atoms with Crippen LogP contribution in [0.3, 0.4) is 0 Å². The van der Waals surface area contributed by atoms with E-state index in [9.17, 15) is 9.59 Å². The zero-order chi connectivity index (χ0) is 16.9. The van der Waals surface area contributed by atoms with Gasteiger partial charge >= 0.3 is 6.03 Å². The number of carbonyl (C=O) groups excluding carboxylic acids is 2. The Morgan fingerprint density at radius 1 is 1.27 bits per heavy atom. The molecule has 1 aromatic rings. The van der Waals surface area contributed by atoms with E-state index in [2.05, 4.69) is 16.0 Å². The van der Waals surface area contributed by atoms with Gasteiger partial charge in [-0.3, -0.25) is 10.1 Å². The summed E-state index contributed by atoms with van der Waals surface area (Å²) < 4.78 is 5.20. The highest BCUT2D eigenvalue weighted by molar-refractivity contribution is 6.31. The van der Waals surface area contributed by atoms with Crippen LogP contribution in [-0.2, 0) is 4.79 Å². The summed E-state index contributed by atoms with van der Waals surface area (Å²) in [6, 6.07) is 2.92. The highest BCUT2D eigenvalue weighted by Gasteiger charge is 2.16. The summed E-state index contributed by atoms with van der Waals surface area (Å²) in [5, 5.41) is 8.40. The maximum atomic E-state index is 11.8. The van der Waals surface area contributed by atoms with Crippen molar-refractivity contribution < 1.29 is 14.3 Å². The van der Waals surface area contributed by atoms with Gasteiger partial charge < -0.3 is 15.4 Å². The summed E-state index contributed by atoms with van der Waals surface area (Å²) in [7, 11) is 1.52. The van der Waals surface area contributed by atoms with Crippen molar-refractivity contribution in [2.45, 2.75) is 33.2 Å². The third kappa shape index (κ3) is 5.81. The Labute approximate surface area is 135 Å². The van der Waals surface area contributed by atoms with Gasteiger partial charge in [-0.25, -0.2) is 4.79 Å². The number of halogens is 1. The monoisotopic (exact) mass is 327 g/mol. The van der Waals surface area contributed by atoms with Gasteiger partial charge in [0.15, 0.2) is 0 Å². The Hall–Kier alpha value is -1.95. The van der Waals surface area contributed by atoms with E-state index in [-0.39, 0.29) is 6.54 Å². The summed E-state index contributed by atoms with van der Waals surface area (Å²) in [4.78, 5) is 23.4. The van der Waals surface area contributed by atoms with E-state index in [1.807, 2.05) is 27.7 Å². The normalized spacial score (nSPS) is 10.8. The van der Waals surface area contributed by atoms with Crippen LogP contribution in [0.2, 0.25) is 5.02 Å². The standard InChI is InChI=1S/C15H22ClN3O3/c1-9-6-11(12(22-5)7-10(9)16)17-8-13(20)18-14(21)19-15(2,3)4/h6-7,17H,8H2,1-5H3,(H2,18,19,20,21). The lowest BCUT2D eigenvalue weighted by atomic mass is 10.1. The Kier molecular flexibility index (Phi) is 6.05. The summed E-state index contributed by atoms with van der Waals surface area (Å²) >= 11 is 6.02. The van der Waals surface area contributed by atoms with Gasteiger partial charge in [0.25, 0.3) is 0 Å². The molecule has 3 N–H and O–H groups in total. The number of anilines is 1. The van der Waals surface area contributed by atoms with Crippen LogP contribution in [-0.4, -0.2) is 31.1 Å². The number of hydrogen-bond acceptors (Lipinski definition) is 4. The van der Waals surface area contributed by atoms with Gasteiger partial charge in [0.2, 0.25) is 5.91 Å². The number of hydrogen-bond donors (Lipinski definition) is 3. The number of rotatable bonds is 4. The van der Waals surface area contributed by atoms with Crippen molar-refractivity contribution in [1.82, 2.24) is 10.6 Å². The molecule has 0 saturated heterocycles. The first-order chi connectivity index (χ1) is 10.1. The first kappa shape index (κ1) is 18.1. The molecule has 6 nitrogen and oxygen atoms in total. The average molecular weight is 328 g/mol. The van der Waals surface area contributed by atoms with Crippen molar-refractivity contribution in [1.29, 1.82) is 0 Å². The lowest BCUT2D eigenvalue weighted by molar-refractivity contribution is -0.118. The third-order valence-corrected chi connectivity index (χ3v) is 3.07. The van der Waals surface area contributed by atoms with Crippen molar-refractivity contribution in [3.63, 3.8) is 0 Å². The number of methoxy groups -OCH3 is 1. The number of nitrogens with one attached hydrogen (secondary N) is 3. The van der Waals surface area contributed by atoms with E-state index >= 15 is 0 Å². The summed E-state index contributed by atoms with van der Waals surface area (Å²) in [5.74, 6) is 0.0824. The second kappa shape index (κ2) is 7.35. The van der Waals surface area contributed by atoms with Crippen LogP contribution >= 0.6 is 11.6 Å². The molecule has 3 amide bonds. The van der Waals surface area contributed by atoms with Crippen LogP contribution in [0.5, 0.6) is 5.75 Å². The first-order valence-electron chi connectivity index (χ1n) is 6.82. The van der Waals surface area contributed by atoms with E-state index in [0.717, 1.165) is 5.56 Å². The van der Waals surface area contributed by atoms with E-state index < -0.39 is 17.5 Å². The van der Waals surface area contributed by atoms with Crippen LogP contribution in [0.4, 0.5) is 10.5 Å². The fourth-order valence-electron chi connectivity index (χ4n) is 1.69. The van der Waals surface area contributed by atoms with Crippen LogP contribution in [0.25, 0.3) is 0 Å². The van der Waals surface area contributed by atoms with Crippen molar-refractivity contribution in [3.05, 3.63) is 22.7 Å². The molecule has 0 aromatic heterocycles. The second-order valence-corrected chi connectivity index (χ2v) is 6.31. The Bertz CT molecular complexity index is 568. The van der Waals surface area contributed by atoms with Crippen LogP contribution < -0.4 is 20.7 Å². The molecule has 0 heterocycles. The second-order valence-electron chi connectivity index (χ2n) is 5.91. The molecule has 0 saturated carbocycles. The molecular formula is C15H22ClN3O3. The lowest BCUT2D eigenvalue weighted by Crippen LogP contribution is -2.49. The lowest BCUT2D eigenvalue weighted by Gasteiger charge is -2.20. The summed E-state index contributed by atoms with van der Waals surface area (Å²) in [6.45, 7) is 7.28. The number of carbonyl (C=O) groups is 2. The molecule has 0 aliphatic rings. The number of amides is 3. The molecule has 1 aromatic carbocycles. The summed E-state index contributed by atoms with van der Waals surface area (Å²) in [5.41, 5.74) is 1.08. The van der Waals surface area contributed by atoms with Gasteiger partial charge in [-0.05, 0) is 39.3 Å². The Morgan fingerprint density at radius 3 is 2.45 bits per heavy atom. The molecule has 0 bridgehead atoms. The molecule has 22 heavy (non-hydrogen) atoms. The molecule has 0 aliphatic heterocycles. The highest BCUT2D eigenvalue weighted by atomic mass is 35.5. The zero-order valence-electron chi connectivity index (χ0n) is 13.5. The minimum atomic E-state index is -0.529. The van der Waals surface area contributed by atoms with Gasteiger partial charge in [0, 0.05) is 16.6 Å². The SMILES string of the molecule is COc1cc(Cl)c(C)cc1NCC(=O)NC(=O)NC(C)(C)C. The molecular weight excluding hydrogens is 306 g/mol. The van der Waals surface area contributed by atoms with Crippen molar-refractivity contribution in [2.24, 2.45) is 0 Å². The highest BCUT2D eigenvalue weighted by Crippen LogP contribution is 2.30. The number of urea groups is 1. The molecule has 0 fully saturated rings. The van der Waals surface area contributed by atoms with Crippen molar-refractivity contribution in [3.8, 4) is 5.75 Å². The average Bonchev–Trinajstić information content (AvgIpc) is 2.37. The fourth-order valence-corrected chi connectivity index (χ4v) is 1.84. The quantitative estimate of drug-likeness (QED) is 0.794. The largest absolute Gasteiger partial charge is 0.495 e. The molecule has 0 radical (unpaired) electrons. The van der Waals surface area contributed by atoms with Crippen molar-refractivity contribution >= 4 is 29.2 Å². The van der Waals surface area contributed by atoms with E-state index in [1.54, 1.807) is 12.1 Å². The molecule has 0 unspecified atom stereocenters. The molecule has 0 aliphatic carbocycles. The van der Waals surface area contributed by atoms with E-state index in [0.29, 0.717) is 16.5 Å². The molecule has 122 valence electrons. The Morgan fingerprint density at radius 2 is 1.91 bits per heavy atom. The first-order valence-corrected chi connectivity index (χ1v) is 7.20. The van der Waals surface area contributed by atoms with Crippen LogP contribution in [0, 0.1) is 6.92 Å².